The van der Waals surface area contributed by atoms with Gasteiger partial charge in [0.25, 0.3) is 0 Å². The number of methoxy groups -OCH3 is 1. The Labute approximate surface area is 191 Å². The number of hydrogen-bond donors (Lipinski definition) is 1. The molecule has 2 aromatic rings. The molecule has 6 rings (SSSR count). The highest BCUT2D eigenvalue weighted by atomic mass is 35.5. The zero-order valence-electron chi connectivity index (χ0n) is 17.6. The summed E-state index contributed by atoms with van der Waals surface area (Å²) >= 11 is 13.0. The number of hydrogen-bond acceptors (Lipinski definition) is 5. The minimum atomic E-state index is -0.273. The fourth-order valence-corrected chi connectivity index (χ4v) is 7.59. The van der Waals surface area contributed by atoms with Gasteiger partial charge in [-0.05, 0) is 74.3 Å². The molecule has 0 saturated heterocycles. The number of nitrogens with one attached hydrogen (secondary N) is 1. The maximum atomic E-state index is 12.7. The van der Waals surface area contributed by atoms with E-state index in [-0.39, 0.29) is 22.2 Å². The van der Waals surface area contributed by atoms with E-state index >= 15 is 0 Å². The molecule has 7 heteroatoms. The van der Waals surface area contributed by atoms with E-state index in [2.05, 4.69) is 10.5 Å². The van der Waals surface area contributed by atoms with Gasteiger partial charge in [0.1, 0.15) is 11.4 Å². The maximum absolute atomic E-state index is 12.7. The van der Waals surface area contributed by atoms with E-state index in [1.165, 1.54) is 7.11 Å². The standard InChI is InChI=1S/C24H26Cl2N2O3/c1-30-21(29)23-9-7-22(8-11-24(22,23)12-10-23)13-27-19-18(28-31-20(19)14-5-6-14)17-15(25)3-2-4-16(17)26/h2-4,14,27H,5-13H2,1H3. The van der Waals surface area contributed by atoms with Crippen LogP contribution in [-0.4, -0.2) is 24.8 Å². The first-order valence-corrected chi connectivity index (χ1v) is 12.0. The quantitative estimate of drug-likeness (QED) is 0.501. The average molecular weight is 461 g/mol. The lowest BCUT2D eigenvalue weighted by atomic mass is 9.36. The Balaban J connectivity index is 1.34. The molecule has 5 nitrogen and oxygen atoms in total. The molecule has 164 valence electrons. The first-order valence-electron chi connectivity index (χ1n) is 11.2. The number of aromatic nitrogens is 1. The third-order valence-corrected chi connectivity index (χ3v) is 9.65. The van der Waals surface area contributed by atoms with Crippen LogP contribution < -0.4 is 5.32 Å². The summed E-state index contributed by atoms with van der Waals surface area (Å²) in [5, 5.41) is 9.25. The molecule has 0 bridgehead atoms. The summed E-state index contributed by atoms with van der Waals surface area (Å²) in [7, 11) is 1.53. The lowest BCUT2D eigenvalue weighted by molar-refractivity contribution is -0.214. The van der Waals surface area contributed by atoms with Gasteiger partial charge in [0.05, 0.1) is 22.6 Å². The van der Waals surface area contributed by atoms with Gasteiger partial charge in [0.2, 0.25) is 0 Å². The number of carbonyl (C=O) groups excluding carboxylic acids is 1. The number of halogens is 2. The predicted octanol–water partition coefficient (Wildman–Crippen LogP) is 6.45. The Morgan fingerprint density at radius 2 is 1.84 bits per heavy atom. The smallest absolute Gasteiger partial charge is 0.312 e. The molecular formula is C24H26Cl2N2O3. The summed E-state index contributed by atoms with van der Waals surface area (Å²) in [6.45, 7) is 0.807. The average Bonchev–Trinajstić information content (AvgIpc) is 3.47. The van der Waals surface area contributed by atoms with Crippen molar-refractivity contribution in [3.63, 3.8) is 0 Å². The van der Waals surface area contributed by atoms with Gasteiger partial charge in [0.15, 0.2) is 5.76 Å². The molecule has 3 atom stereocenters. The van der Waals surface area contributed by atoms with E-state index in [9.17, 15) is 4.79 Å². The fraction of sp³-hybridized carbons (Fsp3) is 0.583. The Bertz CT molecular complexity index is 1060. The van der Waals surface area contributed by atoms with Crippen molar-refractivity contribution < 1.29 is 14.1 Å². The second kappa shape index (κ2) is 6.64. The van der Waals surface area contributed by atoms with Crippen LogP contribution in [0.3, 0.4) is 0 Å². The molecule has 1 aromatic heterocycles. The highest BCUT2D eigenvalue weighted by molar-refractivity contribution is 6.39. The molecule has 1 heterocycles. The molecule has 1 spiro atoms. The Morgan fingerprint density at radius 3 is 2.42 bits per heavy atom. The van der Waals surface area contributed by atoms with Crippen molar-refractivity contribution in [2.45, 2.75) is 57.3 Å². The van der Waals surface area contributed by atoms with Crippen molar-refractivity contribution in [2.24, 2.45) is 16.2 Å². The van der Waals surface area contributed by atoms with Crippen molar-refractivity contribution in [3.8, 4) is 11.3 Å². The number of esters is 1. The van der Waals surface area contributed by atoms with Gasteiger partial charge < -0.3 is 14.6 Å². The third kappa shape index (κ3) is 2.45. The van der Waals surface area contributed by atoms with Crippen LogP contribution in [0.2, 0.25) is 10.0 Å². The first-order chi connectivity index (χ1) is 15.0. The summed E-state index contributed by atoms with van der Waals surface area (Å²) in [5.41, 5.74) is 2.25. The number of anilines is 1. The van der Waals surface area contributed by atoms with E-state index in [0.717, 1.165) is 69.4 Å². The van der Waals surface area contributed by atoms with Gasteiger partial charge in [-0.15, -0.1) is 0 Å². The number of benzene rings is 1. The van der Waals surface area contributed by atoms with Gasteiger partial charge >= 0.3 is 5.97 Å². The summed E-state index contributed by atoms with van der Waals surface area (Å²) in [6.07, 6.45) is 8.55. The van der Waals surface area contributed by atoms with Crippen molar-refractivity contribution >= 4 is 34.9 Å². The fourth-order valence-electron chi connectivity index (χ4n) is 7.02. The van der Waals surface area contributed by atoms with Crippen molar-refractivity contribution in [1.29, 1.82) is 0 Å². The summed E-state index contributed by atoms with van der Waals surface area (Å²) < 4.78 is 11.1. The minimum absolute atomic E-state index is 0.00693. The Hall–Kier alpha value is -1.72. The monoisotopic (exact) mass is 460 g/mol. The number of rotatable bonds is 6. The zero-order valence-corrected chi connectivity index (χ0v) is 19.1. The van der Waals surface area contributed by atoms with Crippen LogP contribution in [0.5, 0.6) is 0 Å². The number of carbonyl (C=O) groups is 1. The normalized spacial score (nSPS) is 33.1. The van der Waals surface area contributed by atoms with Crippen LogP contribution in [0.25, 0.3) is 11.3 Å². The van der Waals surface area contributed by atoms with Gasteiger partial charge in [-0.3, -0.25) is 4.79 Å². The van der Waals surface area contributed by atoms with Crippen LogP contribution in [-0.2, 0) is 9.53 Å². The second-order valence-corrected chi connectivity index (χ2v) is 10.7. The van der Waals surface area contributed by atoms with Gasteiger partial charge in [-0.25, -0.2) is 0 Å². The van der Waals surface area contributed by atoms with E-state index in [1.807, 2.05) is 18.2 Å². The molecule has 1 N–H and O–H groups in total. The zero-order chi connectivity index (χ0) is 21.4. The summed E-state index contributed by atoms with van der Waals surface area (Å²) in [6, 6.07) is 5.49. The minimum Gasteiger partial charge on any atom is -0.469 e. The first kappa shape index (κ1) is 19.9. The highest BCUT2D eigenvalue weighted by Crippen LogP contribution is 2.82. The molecule has 0 amide bonds. The van der Waals surface area contributed by atoms with Crippen molar-refractivity contribution in [1.82, 2.24) is 5.16 Å². The highest BCUT2D eigenvalue weighted by Gasteiger charge is 2.79. The largest absolute Gasteiger partial charge is 0.469 e. The van der Waals surface area contributed by atoms with E-state index < -0.39 is 0 Å². The van der Waals surface area contributed by atoms with Crippen molar-refractivity contribution in [2.75, 3.05) is 19.0 Å². The van der Waals surface area contributed by atoms with Crippen LogP contribution in [0.4, 0.5) is 5.69 Å². The lowest BCUT2D eigenvalue weighted by Crippen LogP contribution is -2.66. The molecular weight excluding hydrogens is 435 g/mol. The second-order valence-electron chi connectivity index (χ2n) is 9.93. The SMILES string of the molecule is COC(=O)C12CCC3(CNc4c(-c5c(Cl)cccc5Cl)noc4C4CC4)CCC31CC2. The molecule has 4 aliphatic rings. The van der Waals surface area contributed by atoms with Crippen molar-refractivity contribution in [3.05, 3.63) is 34.0 Å². The molecule has 0 aliphatic heterocycles. The van der Waals surface area contributed by atoms with E-state index in [0.29, 0.717) is 27.2 Å². The molecule has 31 heavy (non-hydrogen) atoms. The Kier molecular flexibility index (Phi) is 4.27. The molecule has 0 radical (unpaired) electrons. The van der Waals surface area contributed by atoms with Crippen LogP contribution in [0.15, 0.2) is 22.7 Å². The molecule has 4 aliphatic carbocycles. The molecule has 3 unspecified atom stereocenters. The van der Waals surface area contributed by atoms with Crippen LogP contribution in [0.1, 0.15) is 63.0 Å². The van der Waals surface area contributed by atoms with Gasteiger partial charge in [-0.2, -0.15) is 0 Å². The Morgan fingerprint density at radius 1 is 1.16 bits per heavy atom. The number of ether oxygens (including phenoxy) is 1. The van der Waals surface area contributed by atoms with Gasteiger partial charge in [-0.1, -0.05) is 34.4 Å². The maximum Gasteiger partial charge on any atom is 0.312 e. The van der Waals surface area contributed by atoms with Gasteiger partial charge in [0, 0.05) is 18.0 Å². The molecule has 4 fully saturated rings. The predicted molar refractivity (Wildman–Crippen MR) is 119 cm³/mol. The van der Waals surface area contributed by atoms with Crippen LogP contribution >= 0.6 is 23.2 Å². The van der Waals surface area contributed by atoms with Crippen LogP contribution in [0, 0.1) is 16.2 Å². The summed E-state index contributed by atoms with van der Waals surface area (Å²) in [4.78, 5) is 12.7. The molecule has 1 aromatic carbocycles. The third-order valence-electron chi connectivity index (χ3n) is 9.02. The topological polar surface area (TPSA) is 64.4 Å². The molecule has 4 saturated carbocycles. The number of nitrogens with zero attached hydrogens (tertiary/aromatic N) is 1. The van der Waals surface area contributed by atoms with E-state index in [1.54, 1.807) is 0 Å². The lowest BCUT2D eigenvalue weighted by Gasteiger charge is -2.67. The van der Waals surface area contributed by atoms with E-state index in [4.69, 9.17) is 32.5 Å². The summed E-state index contributed by atoms with van der Waals surface area (Å²) in [5.74, 6) is 1.30.